The molecule has 2 rings (SSSR count). The van der Waals surface area contributed by atoms with E-state index in [2.05, 4.69) is 15.9 Å². The Bertz CT molecular complexity index is 1090. The van der Waals surface area contributed by atoms with Crippen LogP contribution in [-0.4, -0.2) is 115 Å². The third-order valence-electron chi connectivity index (χ3n) is 5.87. The van der Waals surface area contributed by atoms with Crippen LogP contribution in [0.4, 0.5) is 0 Å². The molecule has 0 aliphatic carbocycles. The van der Waals surface area contributed by atoms with Crippen LogP contribution in [0.25, 0.3) is 0 Å². The van der Waals surface area contributed by atoms with Gasteiger partial charge in [-0.15, -0.1) is 0 Å². The van der Waals surface area contributed by atoms with Crippen molar-refractivity contribution in [3.05, 3.63) is 0 Å². The van der Waals surface area contributed by atoms with Crippen molar-refractivity contribution in [1.82, 2.24) is 0 Å². The van der Waals surface area contributed by atoms with E-state index in [1.807, 2.05) is 0 Å². The van der Waals surface area contributed by atoms with Crippen LogP contribution in [0.15, 0.2) is 0 Å². The Kier molecular flexibility index (Phi) is 13.9. The molecule has 17 nitrogen and oxygen atoms in total. The van der Waals surface area contributed by atoms with Gasteiger partial charge in [-0.1, -0.05) is 15.9 Å². The fraction of sp³-hybridized carbons (Fsp3) is 0.731. The molecule has 10 atom stereocenters. The second-order valence-electron chi connectivity index (χ2n) is 9.64. The zero-order valence-electron chi connectivity index (χ0n) is 25.0. The summed E-state index contributed by atoms with van der Waals surface area (Å²) in [6.07, 6.45) is -13.2. The predicted molar refractivity (Wildman–Crippen MR) is 142 cm³/mol. The smallest absolute Gasteiger partial charge is 0.303 e. The summed E-state index contributed by atoms with van der Waals surface area (Å²) in [4.78, 5) is 83.8. The van der Waals surface area contributed by atoms with Gasteiger partial charge < -0.3 is 47.4 Å². The highest BCUT2D eigenvalue weighted by atomic mass is 79.9. The molecule has 0 radical (unpaired) electrons. The average Bonchev–Trinajstić information content (AvgIpc) is 2.87. The minimum Gasteiger partial charge on any atom is -0.463 e. The first-order valence-electron chi connectivity index (χ1n) is 13.2. The lowest BCUT2D eigenvalue weighted by Gasteiger charge is -2.48. The summed E-state index contributed by atoms with van der Waals surface area (Å²) in [5.74, 6) is -5.63. The fourth-order valence-corrected chi connectivity index (χ4v) is 5.15. The lowest BCUT2D eigenvalue weighted by molar-refractivity contribution is -0.341. The van der Waals surface area contributed by atoms with E-state index in [9.17, 15) is 33.6 Å². The summed E-state index contributed by atoms with van der Waals surface area (Å²) in [6, 6.07) is 0. The SMILES string of the molecule is CC(=O)OC[C@H]1O[C@H](Br)[C@H](OC(C)=O)[C@@H](OC(C)=O)C1O[C@@H]1O[C@H](COC(C)=O)[C@@H](OC(C)=O)[C@H](OC(C)=O)[C@H]1OC(C)=O. The van der Waals surface area contributed by atoms with E-state index in [-0.39, 0.29) is 0 Å². The first-order chi connectivity index (χ1) is 20.5. The molecular formula is C26H35BrO17. The van der Waals surface area contributed by atoms with Crippen molar-refractivity contribution in [3.63, 3.8) is 0 Å². The third-order valence-corrected chi connectivity index (χ3v) is 6.61. The normalized spacial score (nSPS) is 31.5. The maximum absolute atomic E-state index is 12.2. The third kappa shape index (κ3) is 11.0. The molecule has 2 fully saturated rings. The molecule has 248 valence electrons. The van der Waals surface area contributed by atoms with Crippen molar-refractivity contribution in [2.75, 3.05) is 13.2 Å². The van der Waals surface area contributed by atoms with Gasteiger partial charge in [-0.3, -0.25) is 33.6 Å². The van der Waals surface area contributed by atoms with Gasteiger partial charge in [0.25, 0.3) is 0 Å². The summed E-state index contributed by atoms with van der Waals surface area (Å²) in [5, 5.41) is -1.09. The molecule has 0 bridgehead atoms. The summed E-state index contributed by atoms with van der Waals surface area (Å²) in [7, 11) is 0. The molecule has 0 aromatic heterocycles. The minimum atomic E-state index is -1.73. The van der Waals surface area contributed by atoms with E-state index < -0.39 is 115 Å². The van der Waals surface area contributed by atoms with E-state index in [1.54, 1.807) is 0 Å². The first-order valence-corrected chi connectivity index (χ1v) is 14.1. The maximum atomic E-state index is 12.2. The second kappa shape index (κ2) is 16.6. The highest BCUT2D eigenvalue weighted by Gasteiger charge is 2.57. The number of esters is 7. The molecule has 0 spiro atoms. The minimum absolute atomic E-state index is 0.460. The van der Waals surface area contributed by atoms with E-state index in [1.165, 1.54) is 0 Å². The van der Waals surface area contributed by atoms with Crippen LogP contribution < -0.4 is 0 Å². The zero-order chi connectivity index (χ0) is 33.3. The molecule has 2 aliphatic rings. The summed E-state index contributed by atoms with van der Waals surface area (Å²) < 4.78 is 55.2. The van der Waals surface area contributed by atoms with Crippen LogP contribution in [0, 0.1) is 0 Å². The Morgan fingerprint density at radius 1 is 0.477 bits per heavy atom. The summed E-state index contributed by atoms with van der Waals surface area (Å²) in [5.41, 5.74) is 0. The lowest BCUT2D eigenvalue weighted by Crippen LogP contribution is -2.66. The molecule has 2 saturated heterocycles. The van der Waals surface area contributed by atoms with Crippen LogP contribution in [0.5, 0.6) is 0 Å². The van der Waals surface area contributed by atoms with Crippen molar-refractivity contribution in [1.29, 1.82) is 0 Å². The summed E-state index contributed by atoms with van der Waals surface area (Å²) >= 11 is 3.23. The Labute approximate surface area is 260 Å². The summed E-state index contributed by atoms with van der Waals surface area (Å²) in [6.45, 7) is 6.57. The van der Waals surface area contributed by atoms with Gasteiger partial charge in [-0.2, -0.15) is 0 Å². The van der Waals surface area contributed by atoms with Crippen LogP contribution in [0.2, 0.25) is 0 Å². The number of ether oxygens (including phenoxy) is 10. The maximum Gasteiger partial charge on any atom is 0.303 e. The van der Waals surface area contributed by atoms with Crippen molar-refractivity contribution < 1.29 is 80.9 Å². The fourth-order valence-electron chi connectivity index (χ4n) is 4.46. The molecule has 0 N–H and O–H groups in total. The van der Waals surface area contributed by atoms with Crippen molar-refractivity contribution in [3.8, 4) is 0 Å². The Hall–Kier alpha value is -3.35. The Balaban J connectivity index is 2.66. The molecule has 2 aliphatic heterocycles. The van der Waals surface area contributed by atoms with Crippen molar-refractivity contribution in [2.24, 2.45) is 0 Å². The molecule has 44 heavy (non-hydrogen) atoms. The average molecular weight is 699 g/mol. The molecular weight excluding hydrogens is 664 g/mol. The molecule has 0 aromatic carbocycles. The number of halogens is 1. The zero-order valence-corrected chi connectivity index (χ0v) is 26.6. The number of rotatable bonds is 11. The molecule has 0 saturated carbocycles. The van der Waals surface area contributed by atoms with Crippen LogP contribution in [0.1, 0.15) is 48.5 Å². The Morgan fingerprint density at radius 2 is 0.841 bits per heavy atom. The largest absolute Gasteiger partial charge is 0.463 e. The molecule has 18 heteroatoms. The highest BCUT2D eigenvalue weighted by Crippen LogP contribution is 2.36. The molecule has 1 unspecified atom stereocenters. The van der Waals surface area contributed by atoms with Crippen molar-refractivity contribution in [2.45, 2.75) is 109 Å². The van der Waals surface area contributed by atoms with Gasteiger partial charge in [0.15, 0.2) is 41.8 Å². The number of carbonyl (C=O) groups excluding carboxylic acids is 7. The molecule has 0 aromatic rings. The monoisotopic (exact) mass is 698 g/mol. The number of alkyl halides is 1. The first kappa shape index (κ1) is 36.8. The van der Waals surface area contributed by atoms with E-state index in [4.69, 9.17) is 47.4 Å². The van der Waals surface area contributed by atoms with E-state index in [0.29, 0.717) is 0 Å². The van der Waals surface area contributed by atoms with Gasteiger partial charge in [0.1, 0.15) is 31.5 Å². The number of hydrogen-bond acceptors (Lipinski definition) is 17. The number of hydrogen-bond donors (Lipinski definition) is 0. The standard InChI is InChI=1S/C26H35BrO17/c1-10(28)35-8-17-20(21(38-13(4)31)23(25(27)42-17)40-15(6)33)44-26-24(41-16(7)34)22(39-14(5)32)19(37-12(3)30)18(43-26)9-36-11(2)29/h17-26H,8-9H2,1-7H3/t17-,18-,19-,20?,21+,22+,23-,24-,25+,26+/m1/s1. The van der Waals surface area contributed by atoms with Gasteiger partial charge in [-0.05, 0) is 0 Å². The molecule has 0 amide bonds. The van der Waals surface area contributed by atoms with Gasteiger partial charge in [0.05, 0.1) is 0 Å². The van der Waals surface area contributed by atoms with Crippen molar-refractivity contribution >= 4 is 57.7 Å². The predicted octanol–water partition coefficient (Wildman–Crippen LogP) is 0.00100. The topological polar surface area (TPSA) is 212 Å². The van der Waals surface area contributed by atoms with Crippen LogP contribution in [0.3, 0.4) is 0 Å². The van der Waals surface area contributed by atoms with Crippen LogP contribution >= 0.6 is 15.9 Å². The van der Waals surface area contributed by atoms with Gasteiger partial charge in [-0.25, -0.2) is 0 Å². The quantitative estimate of drug-likeness (QED) is 0.158. The van der Waals surface area contributed by atoms with Gasteiger partial charge in [0.2, 0.25) is 0 Å². The van der Waals surface area contributed by atoms with E-state index in [0.717, 1.165) is 48.5 Å². The van der Waals surface area contributed by atoms with Gasteiger partial charge >= 0.3 is 41.8 Å². The second-order valence-corrected chi connectivity index (χ2v) is 10.5. The molecule has 2 heterocycles. The Morgan fingerprint density at radius 3 is 1.27 bits per heavy atom. The number of carbonyl (C=O) groups is 7. The highest BCUT2D eigenvalue weighted by molar-refractivity contribution is 9.09. The lowest BCUT2D eigenvalue weighted by atomic mass is 9.96. The van der Waals surface area contributed by atoms with E-state index >= 15 is 0 Å². The van der Waals surface area contributed by atoms with Gasteiger partial charge in [0, 0.05) is 48.5 Å². The van der Waals surface area contributed by atoms with Crippen LogP contribution in [-0.2, 0) is 80.9 Å².